The van der Waals surface area contributed by atoms with Crippen molar-refractivity contribution in [1.82, 2.24) is 4.98 Å². The van der Waals surface area contributed by atoms with Gasteiger partial charge in [0.2, 0.25) is 0 Å². The second kappa shape index (κ2) is 6.55. The number of carbonyl (C=O) groups is 1. The van der Waals surface area contributed by atoms with Crippen LogP contribution in [-0.2, 0) is 6.42 Å². The van der Waals surface area contributed by atoms with Gasteiger partial charge < -0.3 is 4.74 Å². The Morgan fingerprint density at radius 1 is 1.17 bits per heavy atom. The van der Waals surface area contributed by atoms with Gasteiger partial charge in [0.1, 0.15) is 12.0 Å². The average Bonchev–Trinajstić information content (AvgIpc) is 2.45. The van der Waals surface area contributed by atoms with Crippen molar-refractivity contribution in [2.45, 2.75) is 12.8 Å². The van der Waals surface area contributed by atoms with E-state index in [9.17, 15) is 4.79 Å². The van der Waals surface area contributed by atoms with Gasteiger partial charge in [-0.15, -0.1) is 0 Å². The molecule has 1 aromatic carbocycles. The summed E-state index contributed by atoms with van der Waals surface area (Å²) in [5, 5.41) is 0. The lowest BCUT2D eigenvalue weighted by Crippen LogP contribution is -1.99. The monoisotopic (exact) mass is 241 g/mol. The van der Waals surface area contributed by atoms with Crippen molar-refractivity contribution in [3.05, 3.63) is 59.9 Å². The highest BCUT2D eigenvalue weighted by atomic mass is 16.5. The standard InChI is InChI=1S/C15H15NO2/c17-12-14-3-1-5-15(11-14)18-10-2-4-13-6-8-16-9-7-13/h1,3,5-9,11-12H,2,4,10H2. The van der Waals surface area contributed by atoms with Crippen molar-refractivity contribution in [1.29, 1.82) is 0 Å². The maximum atomic E-state index is 10.6. The van der Waals surface area contributed by atoms with Gasteiger partial charge in [-0.25, -0.2) is 0 Å². The first-order valence-electron chi connectivity index (χ1n) is 5.95. The largest absolute Gasteiger partial charge is 0.494 e. The fourth-order valence-corrected chi connectivity index (χ4v) is 1.69. The summed E-state index contributed by atoms with van der Waals surface area (Å²) >= 11 is 0. The second-order valence-corrected chi connectivity index (χ2v) is 4.00. The zero-order valence-electron chi connectivity index (χ0n) is 10.1. The molecule has 0 N–H and O–H groups in total. The summed E-state index contributed by atoms with van der Waals surface area (Å²) in [6.45, 7) is 0.643. The molecule has 0 aliphatic heterocycles. The molecule has 92 valence electrons. The van der Waals surface area contributed by atoms with Gasteiger partial charge in [0.25, 0.3) is 0 Å². The number of rotatable bonds is 6. The number of nitrogens with zero attached hydrogens (tertiary/aromatic N) is 1. The van der Waals surface area contributed by atoms with E-state index in [2.05, 4.69) is 4.98 Å². The third-order valence-corrected chi connectivity index (χ3v) is 2.62. The first kappa shape index (κ1) is 12.3. The van der Waals surface area contributed by atoms with Crippen LogP contribution in [0.15, 0.2) is 48.8 Å². The zero-order valence-corrected chi connectivity index (χ0v) is 10.1. The molecule has 1 aromatic heterocycles. The summed E-state index contributed by atoms with van der Waals surface area (Å²) in [7, 11) is 0. The SMILES string of the molecule is O=Cc1cccc(OCCCc2ccncc2)c1. The molecule has 2 rings (SSSR count). The zero-order chi connectivity index (χ0) is 12.6. The van der Waals surface area contributed by atoms with Crippen LogP contribution in [0.5, 0.6) is 5.75 Å². The van der Waals surface area contributed by atoms with Crippen LogP contribution >= 0.6 is 0 Å². The highest BCUT2D eigenvalue weighted by molar-refractivity contribution is 5.75. The Labute approximate surface area is 106 Å². The number of hydrogen-bond donors (Lipinski definition) is 0. The number of benzene rings is 1. The van der Waals surface area contributed by atoms with Crippen molar-refractivity contribution >= 4 is 6.29 Å². The minimum absolute atomic E-state index is 0.640. The third kappa shape index (κ3) is 3.70. The number of hydrogen-bond acceptors (Lipinski definition) is 3. The van der Waals surface area contributed by atoms with Crippen LogP contribution in [0.3, 0.4) is 0 Å². The molecule has 0 unspecified atom stereocenters. The van der Waals surface area contributed by atoms with Crippen molar-refractivity contribution in [2.75, 3.05) is 6.61 Å². The summed E-state index contributed by atoms with van der Waals surface area (Å²) in [5.74, 6) is 0.745. The molecule has 0 radical (unpaired) electrons. The third-order valence-electron chi connectivity index (χ3n) is 2.62. The van der Waals surface area contributed by atoms with E-state index in [0.29, 0.717) is 12.2 Å². The fraction of sp³-hybridized carbons (Fsp3) is 0.200. The van der Waals surface area contributed by atoms with E-state index in [1.807, 2.05) is 24.3 Å². The Balaban J connectivity index is 1.76. The van der Waals surface area contributed by atoms with E-state index in [4.69, 9.17) is 4.74 Å². The fourth-order valence-electron chi connectivity index (χ4n) is 1.69. The summed E-state index contributed by atoms with van der Waals surface area (Å²) < 4.78 is 5.60. The van der Waals surface area contributed by atoms with E-state index in [1.165, 1.54) is 5.56 Å². The molecule has 18 heavy (non-hydrogen) atoms. The molecule has 0 saturated carbocycles. The van der Waals surface area contributed by atoms with E-state index in [-0.39, 0.29) is 0 Å². The molecule has 1 heterocycles. The number of aromatic nitrogens is 1. The lowest BCUT2D eigenvalue weighted by molar-refractivity contribution is 0.112. The van der Waals surface area contributed by atoms with Gasteiger partial charge >= 0.3 is 0 Å². The average molecular weight is 241 g/mol. The number of aryl methyl sites for hydroxylation is 1. The Kier molecular flexibility index (Phi) is 4.47. The molecule has 0 saturated heterocycles. The van der Waals surface area contributed by atoms with Gasteiger partial charge in [-0.05, 0) is 42.7 Å². The number of pyridine rings is 1. The topological polar surface area (TPSA) is 39.2 Å². The van der Waals surface area contributed by atoms with Gasteiger partial charge in [0, 0.05) is 18.0 Å². The maximum Gasteiger partial charge on any atom is 0.150 e. The second-order valence-electron chi connectivity index (χ2n) is 4.00. The summed E-state index contributed by atoms with van der Waals surface area (Å²) in [4.78, 5) is 14.6. The van der Waals surface area contributed by atoms with Gasteiger partial charge in [0.15, 0.2) is 0 Å². The number of aldehydes is 1. The van der Waals surface area contributed by atoms with E-state index >= 15 is 0 Å². The molecule has 0 aliphatic carbocycles. The number of carbonyl (C=O) groups excluding carboxylic acids is 1. The van der Waals surface area contributed by atoms with Crippen molar-refractivity contribution in [3.63, 3.8) is 0 Å². The molecule has 3 nitrogen and oxygen atoms in total. The Morgan fingerprint density at radius 2 is 2.00 bits per heavy atom. The van der Waals surface area contributed by atoms with Crippen LogP contribution in [0.2, 0.25) is 0 Å². The molecule has 0 amide bonds. The van der Waals surface area contributed by atoms with Crippen LogP contribution in [0, 0.1) is 0 Å². The minimum Gasteiger partial charge on any atom is -0.494 e. The summed E-state index contributed by atoms with van der Waals surface area (Å²) in [5.41, 5.74) is 1.90. The van der Waals surface area contributed by atoms with E-state index < -0.39 is 0 Å². The summed E-state index contributed by atoms with van der Waals surface area (Å²) in [6, 6.07) is 11.2. The predicted octanol–water partition coefficient (Wildman–Crippen LogP) is 2.91. The lowest BCUT2D eigenvalue weighted by atomic mass is 10.1. The molecule has 2 aromatic rings. The Hall–Kier alpha value is -2.16. The van der Waals surface area contributed by atoms with Gasteiger partial charge in [-0.2, -0.15) is 0 Å². The lowest BCUT2D eigenvalue weighted by Gasteiger charge is -2.06. The molecule has 0 fully saturated rings. The maximum absolute atomic E-state index is 10.6. The number of ether oxygens (including phenoxy) is 1. The van der Waals surface area contributed by atoms with Crippen LogP contribution in [0.25, 0.3) is 0 Å². The molecule has 3 heteroatoms. The molecule has 0 bridgehead atoms. The minimum atomic E-state index is 0.640. The first-order valence-corrected chi connectivity index (χ1v) is 5.95. The molecular weight excluding hydrogens is 226 g/mol. The van der Waals surface area contributed by atoms with E-state index in [1.54, 1.807) is 24.5 Å². The Bertz CT molecular complexity index is 497. The molecule has 0 atom stereocenters. The quantitative estimate of drug-likeness (QED) is 0.576. The molecule has 0 spiro atoms. The summed E-state index contributed by atoms with van der Waals surface area (Å²) in [6.07, 6.45) is 6.32. The highest BCUT2D eigenvalue weighted by Gasteiger charge is 1.97. The normalized spacial score (nSPS) is 10.0. The molecule has 0 aliphatic rings. The van der Waals surface area contributed by atoms with Crippen LogP contribution in [-0.4, -0.2) is 17.9 Å². The van der Waals surface area contributed by atoms with Crippen molar-refractivity contribution < 1.29 is 9.53 Å². The smallest absolute Gasteiger partial charge is 0.150 e. The van der Waals surface area contributed by atoms with Crippen molar-refractivity contribution in [2.24, 2.45) is 0 Å². The van der Waals surface area contributed by atoms with Crippen molar-refractivity contribution in [3.8, 4) is 5.75 Å². The predicted molar refractivity (Wildman–Crippen MR) is 69.9 cm³/mol. The van der Waals surface area contributed by atoms with Crippen LogP contribution in [0.1, 0.15) is 22.3 Å². The first-order chi connectivity index (χ1) is 8.88. The highest BCUT2D eigenvalue weighted by Crippen LogP contribution is 2.12. The Morgan fingerprint density at radius 3 is 2.78 bits per heavy atom. The van der Waals surface area contributed by atoms with Gasteiger partial charge in [-0.3, -0.25) is 9.78 Å². The van der Waals surface area contributed by atoms with Gasteiger partial charge in [0.05, 0.1) is 6.61 Å². The molecular formula is C15H15NO2. The van der Waals surface area contributed by atoms with E-state index in [0.717, 1.165) is 24.9 Å². The van der Waals surface area contributed by atoms with Gasteiger partial charge in [-0.1, -0.05) is 12.1 Å². The van der Waals surface area contributed by atoms with Crippen LogP contribution in [0.4, 0.5) is 0 Å². The van der Waals surface area contributed by atoms with Crippen LogP contribution < -0.4 is 4.74 Å².